The first kappa shape index (κ1) is 18.1. The van der Waals surface area contributed by atoms with E-state index in [2.05, 4.69) is 0 Å². The van der Waals surface area contributed by atoms with Crippen LogP contribution in [0.15, 0.2) is 0 Å². The fourth-order valence-corrected chi connectivity index (χ4v) is 2.60. The summed E-state index contributed by atoms with van der Waals surface area (Å²) < 4.78 is 19.7. The molecule has 0 saturated carbocycles. The maximum absolute atomic E-state index is 11.2. The number of halogens is 1. The number of alkyl halides is 1. The van der Waals surface area contributed by atoms with E-state index in [0.29, 0.717) is 0 Å². The first-order valence-electron chi connectivity index (χ1n) is 6.17. The van der Waals surface area contributed by atoms with Crippen molar-refractivity contribution in [2.45, 2.75) is 49.3 Å². The highest BCUT2D eigenvalue weighted by Crippen LogP contribution is 2.30. The van der Waals surface area contributed by atoms with E-state index in [1.165, 1.54) is 20.8 Å². The molecular formula is C12H17IO8. The molecule has 9 heteroatoms. The molecule has 0 spiro atoms. The lowest BCUT2D eigenvalue weighted by Crippen LogP contribution is -2.59. The summed E-state index contributed by atoms with van der Waals surface area (Å²) in [5.41, 5.74) is 0. The Bertz CT molecular complexity index is 412. The molecule has 21 heavy (non-hydrogen) atoms. The number of ether oxygens (including phenoxy) is 4. The highest BCUT2D eigenvalue weighted by molar-refractivity contribution is 14.1. The fourth-order valence-electron chi connectivity index (χ4n) is 1.88. The van der Waals surface area contributed by atoms with Gasteiger partial charge in [-0.3, -0.25) is 14.4 Å². The second kappa shape index (κ2) is 7.90. The Balaban J connectivity index is 2.94. The minimum Gasteiger partial charge on any atom is -0.463 e. The van der Waals surface area contributed by atoms with Crippen molar-refractivity contribution in [1.82, 2.24) is 0 Å². The molecule has 0 amide bonds. The minimum absolute atomic E-state index is 0.231. The third-order valence-corrected chi connectivity index (χ3v) is 3.97. The molecule has 0 radical (unpaired) electrons. The minimum atomic E-state index is -1.25. The van der Waals surface area contributed by atoms with Gasteiger partial charge in [0.05, 0.1) is 0 Å². The molecule has 1 aliphatic rings. The van der Waals surface area contributed by atoms with Crippen LogP contribution >= 0.6 is 22.6 Å². The fraction of sp³-hybridized carbons (Fsp3) is 0.750. The van der Waals surface area contributed by atoms with E-state index in [0.717, 1.165) is 0 Å². The molecule has 0 bridgehead atoms. The van der Waals surface area contributed by atoms with E-state index >= 15 is 0 Å². The van der Waals surface area contributed by atoms with Crippen LogP contribution in [0, 0.1) is 0 Å². The summed E-state index contributed by atoms with van der Waals surface area (Å²) >= 11 is 1.84. The van der Waals surface area contributed by atoms with Crippen LogP contribution in [0.4, 0.5) is 0 Å². The monoisotopic (exact) mass is 416 g/mol. The number of carbonyl (C=O) groups excluding carboxylic acids is 3. The van der Waals surface area contributed by atoms with Crippen LogP contribution in [-0.4, -0.2) is 58.1 Å². The van der Waals surface area contributed by atoms with Crippen molar-refractivity contribution in [3.8, 4) is 0 Å². The summed E-state index contributed by atoms with van der Waals surface area (Å²) in [6.07, 6.45) is -4.06. The lowest BCUT2D eigenvalue weighted by molar-refractivity contribution is -0.246. The molecule has 0 unspecified atom stereocenters. The van der Waals surface area contributed by atoms with Gasteiger partial charge in [0.25, 0.3) is 0 Å². The Kier molecular flexibility index (Phi) is 6.81. The maximum Gasteiger partial charge on any atom is 0.303 e. The van der Waals surface area contributed by atoms with Gasteiger partial charge in [0, 0.05) is 20.8 Å². The lowest BCUT2D eigenvalue weighted by atomic mass is 10.0. The van der Waals surface area contributed by atoms with Gasteiger partial charge in [-0.05, 0) is 0 Å². The average molecular weight is 416 g/mol. The summed E-state index contributed by atoms with van der Waals surface area (Å²) in [5.74, 6) is -1.73. The maximum atomic E-state index is 11.2. The molecule has 120 valence electrons. The largest absolute Gasteiger partial charge is 0.463 e. The van der Waals surface area contributed by atoms with Gasteiger partial charge >= 0.3 is 17.9 Å². The zero-order valence-corrected chi connectivity index (χ0v) is 13.9. The number of aliphatic hydroxyl groups excluding tert-OH is 1. The van der Waals surface area contributed by atoms with E-state index in [-0.39, 0.29) is 6.61 Å². The van der Waals surface area contributed by atoms with Gasteiger partial charge < -0.3 is 24.1 Å². The third-order valence-electron chi connectivity index (χ3n) is 2.65. The van der Waals surface area contributed by atoms with Gasteiger partial charge in [-0.15, -0.1) is 0 Å². The summed E-state index contributed by atoms with van der Waals surface area (Å²) in [5, 5.41) is 9.85. The van der Waals surface area contributed by atoms with Crippen molar-refractivity contribution >= 4 is 40.5 Å². The molecule has 1 aliphatic heterocycles. The number of carbonyl (C=O) groups is 3. The highest BCUT2D eigenvalue weighted by Gasteiger charge is 2.48. The van der Waals surface area contributed by atoms with E-state index in [1.807, 2.05) is 22.6 Å². The van der Waals surface area contributed by atoms with Crippen LogP contribution in [-0.2, 0) is 33.3 Å². The van der Waals surface area contributed by atoms with Gasteiger partial charge in [0.15, 0.2) is 18.5 Å². The number of esters is 3. The molecule has 0 aromatic heterocycles. The van der Waals surface area contributed by atoms with E-state index in [1.54, 1.807) is 0 Å². The second-order valence-electron chi connectivity index (χ2n) is 4.46. The highest BCUT2D eigenvalue weighted by atomic mass is 127. The van der Waals surface area contributed by atoms with Gasteiger partial charge in [-0.2, -0.15) is 0 Å². The molecule has 1 N–H and O–H groups in total. The van der Waals surface area contributed by atoms with Gasteiger partial charge in [-0.1, -0.05) is 22.6 Å². The van der Waals surface area contributed by atoms with E-state index in [9.17, 15) is 19.5 Å². The Labute approximate surface area is 135 Å². The molecule has 1 heterocycles. The van der Waals surface area contributed by atoms with E-state index < -0.39 is 46.4 Å². The van der Waals surface area contributed by atoms with Crippen LogP contribution in [0.2, 0.25) is 0 Å². The lowest BCUT2D eigenvalue weighted by Gasteiger charge is -2.41. The first-order valence-corrected chi connectivity index (χ1v) is 7.42. The van der Waals surface area contributed by atoms with Crippen LogP contribution in [0.5, 0.6) is 0 Å². The number of rotatable bonds is 4. The average Bonchev–Trinajstić information content (AvgIpc) is 2.35. The van der Waals surface area contributed by atoms with E-state index in [4.69, 9.17) is 18.9 Å². The van der Waals surface area contributed by atoms with Crippen molar-refractivity contribution in [1.29, 1.82) is 0 Å². The van der Waals surface area contributed by atoms with Crippen LogP contribution < -0.4 is 0 Å². The van der Waals surface area contributed by atoms with Gasteiger partial charge in [0.1, 0.15) is 16.6 Å². The molecule has 0 aromatic rings. The number of hydrogen-bond acceptors (Lipinski definition) is 8. The van der Waals surface area contributed by atoms with Crippen molar-refractivity contribution in [3.05, 3.63) is 0 Å². The summed E-state index contributed by atoms with van der Waals surface area (Å²) in [4.78, 5) is 33.3. The molecule has 5 atom stereocenters. The quantitative estimate of drug-likeness (QED) is 0.294. The molecule has 1 fully saturated rings. The SMILES string of the molecule is CC(=O)OC[C@H]1O[C@@H](O)[C@@H](I)[C@@H](OC(C)=O)[C@@H]1OC(C)=O. The van der Waals surface area contributed by atoms with Crippen LogP contribution in [0.25, 0.3) is 0 Å². The van der Waals surface area contributed by atoms with Gasteiger partial charge in [-0.25, -0.2) is 0 Å². The predicted octanol–water partition coefficient (Wildman–Crippen LogP) is -0.0663. The Morgan fingerprint density at radius 2 is 1.57 bits per heavy atom. The van der Waals surface area contributed by atoms with Crippen molar-refractivity contribution < 1.29 is 38.4 Å². The van der Waals surface area contributed by atoms with Gasteiger partial charge in [0.2, 0.25) is 0 Å². The molecule has 8 nitrogen and oxygen atoms in total. The molecule has 0 aliphatic carbocycles. The zero-order valence-electron chi connectivity index (χ0n) is 11.8. The summed E-state index contributed by atoms with van der Waals surface area (Å²) in [6, 6.07) is 0. The smallest absolute Gasteiger partial charge is 0.303 e. The van der Waals surface area contributed by atoms with Crippen LogP contribution in [0.3, 0.4) is 0 Å². The summed E-state index contributed by atoms with van der Waals surface area (Å²) in [6.45, 7) is 3.38. The predicted molar refractivity (Wildman–Crippen MR) is 76.4 cm³/mol. The second-order valence-corrected chi connectivity index (χ2v) is 5.90. The zero-order chi connectivity index (χ0) is 16.2. The van der Waals surface area contributed by atoms with Crippen molar-refractivity contribution in [2.24, 2.45) is 0 Å². The molecule has 1 saturated heterocycles. The Morgan fingerprint density at radius 3 is 2.05 bits per heavy atom. The number of hydrogen-bond donors (Lipinski definition) is 1. The first-order chi connectivity index (χ1) is 9.72. The molecule has 0 aromatic carbocycles. The summed E-state index contributed by atoms with van der Waals surface area (Å²) in [7, 11) is 0. The Morgan fingerprint density at radius 1 is 1.05 bits per heavy atom. The van der Waals surface area contributed by atoms with Crippen LogP contribution in [0.1, 0.15) is 20.8 Å². The molecular weight excluding hydrogens is 399 g/mol. The van der Waals surface area contributed by atoms with Crippen molar-refractivity contribution in [2.75, 3.05) is 6.61 Å². The standard InChI is InChI=1S/C12H17IO8/c1-5(14)18-4-8-10(19-6(2)15)11(20-7(3)16)9(13)12(17)21-8/h8-12,17H,4H2,1-3H3/t8-,9+,10-,11-,12-/m1/s1. The topological polar surface area (TPSA) is 108 Å². The number of aliphatic hydroxyl groups is 1. The normalized spacial score (nSPS) is 32.1. The third kappa shape index (κ3) is 5.40. The molecule has 1 rings (SSSR count). The van der Waals surface area contributed by atoms with Crippen molar-refractivity contribution in [3.63, 3.8) is 0 Å². The Hall–Kier alpha value is -0.940.